The molecule has 1 amide bonds. The summed E-state index contributed by atoms with van der Waals surface area (Å²) in [6, 6.07) is 3.60. The van der Waals surface area contributed by atoms with Crippen molar-refractivity contribution in [1.82, 2.24) is 14.6 Å². The Balaban J connectivity index is 1.63. The molecular weight excluding hydrogens is 318 g/mol. The number of ether oxygens (including phenoxy) is 1. The molecule has 1 N–H and O–H groups in total. The zero-order chi connectivity index (χ0) is 16.6. The number of fused-ring (bicyclic) bond motifs is 1. The SMILES string of the molecule is Cc1ccc(C(=O)N2C[C@@H]3[C@H](CNS(C)(=O)=O)CO[C@@H]3C2)nc1. The highest BCUT2D eigenvalue weighted by molar-refractivity contribution is 7.88. The Bertz CT molecular complexity index is 689. The van der Waals surface area contributed by atoms with Gasteiger partial charge >= 0.3 is 0 Å². The van der Waals surface area contributed by atoms with Crippen LogP contribution >= 0.6 is 0 Å². The molecule has 2 fully saturated rings. The Hall–Kier alpha value is -1.51. The first-order valence-electron chi connectivity index (χ1n) is 7.61. The summed E-state index contributed by atoms with van der Waals surface area (Å²) in [5.74, 6) is 0.162. The number of carbonyl (C=O) groups is 1. The predicted octanol–water partition coefficient (Wildman–Crippen LogP) is 0.0262. The molecule has 0 spiro atoms. The van der Waals surface area contributed by atoms with Crippen molar-refractivity contribution >= 4 is 15.9 Å². The van der Waals surface area contributed by atoms with Gasteiger partial charge in [-0.05, 0) is 18.6 Å². The fraction of sp³-hybridized carbons (Fsp3) is 0.600. The van der Waals surface area contributed by atoms with Gasteiger partial charge in [0.1, 0.15) is 5.69 Å². The molecule has 8 heteroatoms. The van der Waals surface area contributed by atoms with Crippen molar-refractivity contribution in [3.05, 3.63) is 29.6 Å². The van der Waals surface area contributed by atoms with Crippen LogP contribution in [0.25, 0.3) is 0 Å². The number of nitrogens with one attached hydrogen (secondary N) is 1. The average molecular weight is 339 g/mol. The Morgan fingerprint density at radius 3 is 2.87 bits per heavy atom. The van der Waals surface area contributed by atoms with E-state index in [9.17, 15) is 13.2 Å². The van der Waals surface area contributed by atoms with E-state index >= 15 is 0 Å². The molecule has 2 aliphatic rings. The van der Waals surface area contributed by atoms with Crippen LogP contribution in [0.5, 0.6) is 0 Å². The maximum absolute atomic E-state index is 12.5. The van der Waals surface area contributed by atoms with Crippen LogP contribution in [0.1, 0.15) is 16.1 Å². The summed E-state index contributed by atoms with van der Waals surface area (Å²) in [5, 5.41) is 0. The number of pyridine rings is 1. The lowest BCUT2D eigenvalue weighted by molar-refractivity contribution is 0.0674. The fourth-order valence-corrected chi connectivity index (χ4v) is 3.71. The lowest BCUT2D eigenvalue weighted by Crippen LogP contribution is -2.35. The van der Waals surface area contributed by atoms with Gasteiger partial charge in [0.25, 0.3) is 5.91 Å². The third kappa shape index (κ3) is 3.70. The first-order valence-corrected chi connectivity index (χ1v) is 9.51. The summed E-state index contributed by atoms with van der Waals surface area (Å²) >= 11 is 0. The van der Waals surface area contributed by atoms with Crippen LogP contribution in [-0.2, 0) is 14.8 Å². The molecule has 0 saturated carbocycles. The standard InChI is InChI=1S/C15H21N3O4S/c1-10-3-4-13(16-5-10)15(19)18-7-12-11(6-17-23(2,20)21)9-22-14(12)8-18/h3-5,11-12,14,17H,6-9H2,1-2H3/t11-,12-,14-/m1/s1. The lowest BCUT2D eigenvalue weighted by atomic mass is 9.93. The monoisotopic (exact) mass is 339 g/mol. The summed E-state index contributed by atoms with van der Waals surface area (Å²) in [5.41, 5.74) is 1.44. The van der Waals surface area contributed by atoms with E-state index in [0.717, 1.165) is 11.8 Å². The Morgan fingerprint density at radius 1 is 1.43 bits per heavy atom. The summed E-state index contributed by atoms with van der Waals surface area (Å²) in [4.78, 5) is 18.4. The molecule has 2 saturated heterocycles. The van der Waals surface area contributed by atoms with E-state index < -0.39 is 10.0 Å². The number of sulfonamides is 1. The molecule has 7 nitrogen and oxygen atoms in total. The predicted molar refractivity (Wildman–Crippen MR) is 84.4 cm³/mol. The third-order valence-corrected chi connectivity index (χ3v) is 5.16. The zero-order valence-electron chi connectivity index (χ0n) is 13.2. The summed E-state index contributed by atoms with van der Waals surface area (Å²) in [7, 11) is -3.21. The van der Waals surface area contributed by atoms with Gasteiger partial charge in [-0.2, -0.15) is 0 Å². The second-order valence-electron chi connectivity index (χ2n) is 6.35. The van der Waals surface area contributed by atoms with Gasteiger partial charge in [-0.3, -0.25) is 9.78 Å². The molecule has 1 aromatic rings. The smallest absolute Gasteiger partial charge is 0.272 e. The molecule has 0 unspecified atom stereocenters. The molecule has 0 aromatic carbocycles. The van der Waals surface area contributed by atoms with E-state index in [0.29, 0.717) is 31.9 Å². The zero-order valence-corrected chi connectivity index (χ0v) is 14.0. The van der Waals surface area contributed by atoms with Gasteiger partial charge in [0.15, 0.2) is 0 Å². The molecule has 3 atom stereocenters. The van der Waals surface area contributed by atoms with Gasteiger partial charge in [-0.25, -0.2) is 13.1 Å². The molecule has 3 heterocycles. The van der Waals surface area contributed by atoms with Crippen molar-refractivity contribution in [1.29, 1.82) is 0 Å². The molecule has 2 aliphatic heterocycles. The van der Waals surface area contributed by atoms with E-state index in [2.05, 4.69) is 9.71 Å². The molecule has 1 aromatic heterocycles. The van der Waals surface area contributed by atoms with E-state index in [1.807, 2.05) is 13.0 Å². The number of hydrogen-bond acceptors (Lipinski definition) is 5. The highest BCUT2D eigenvalue weighted by Gasteiger charge is 2.45. The molecule has 0 bridgehead atoms. The van der Waals surface area contributed by atoms with E-state index in [1.54, 1.807) is 17.2 Å². The van der Waals surface area contributed by atoms with E-state index in [-0.39, 0.29) is 23.8 Å². The number of aryl methyl sites for hydroxylation is 1. The van der Waals surface area contributed by atoms with Crippen LogP contribution in [0.4, 0.5) is 0 Å². The van der Waals surface area contributed by atoms with Gasteiger partial charge in [-0.15, -0.1) is 0 Å². The number of rotatable bonds is 4. The van der Waals surface area contributed by atoms with Crippen molar-refractivity contribution < 1.29 is 17.9 Å². The normalized spacial score (nSPS) is 27.2. The maximum Gasteiger partial charge on any atom is 0.272 e. The first-order chi connectivity index (χ1) is 10.8. The number of nitrogens with zero attached hydrogens (tertiary/aromatic N) is 2. The molecule has 3 rings (SSSR count). The molecule has 0 aliphatic carbocycles. The van der Waals surface area contributed by atoms with E-state index in [1.165, 1.54) is 0 Å². The Morgan fingerprint density at radius 2 is 2.22 bits per heavy atom. The average Bonchev–Trinajstić information content (AvgIpc) is 3.05. The third-order valence-electron chi connectivity index (χ3n) is 4.46. The summed E-state index contributed by atoms with van der Waals surface area (Å²) in [6.45, 7) is 3.92. The summed E-state index contributed by atoms with van der Waals surface area (Å²) in [6.07, 6.45) is 2.81. The minimum absolute atomic E-state index is 0.0178. The van der Waals surface area contributed by atoms with Gasteiger partial charge in [-0.1, -0.05) is 6.07 Å². The number of amides is 1. The molecule has 23 heavy (non-hydrogen) atoms. The summed E-state index contributed by atoms with van der Waals surface area (Å²) < 4.78 is 30.8. The van der Waals surface area contributed by atoms with Crippen molar-refractivity contribution in [2.45, 2.75) is 13.0 Å². The Labute approximate surface area is 136 Å². The number of carbonyl (C=O) groups excluding carboxylic acids is 1. The van der Waals surface area contributed by atoms with Crippen LogP contribution in [0, 0.1) is 18.8 Å². The van der Waals surface area contributed by atoms with Crippen LogP contribution in [0.3, 0.4) is 0 Å². The second kappa shape index (κ2) is 6.18. The van der Waals surface area contributed by atoms with Crippen LogP contribution < -0.4 is 4.72 Å². The number of likely N-dealkylation sites (tertiary alicyclic amines) is 1. The topological polar surface area (TPSA) is 88.6 Å². The highest BCUT2D eigenvalue weighted by atomic mass is 32.2. The second-order valence-corrected chi connectivity index (χ2v) is 8.18. The van der Waals surface area contributed by atoms with E-state index in [4.69, 9.17) is 4.74 Å². The number of aromatic nitrogens is 1. The Kier molecular flexibility index (Phi) is 4.39. The van der Waals surface area contributed by atoms with Crippen molar-refractivity contribution in [2.75, 3.05) is 32.5 Å². The van der Waals surface area contributed by atoms with Crippen LogP contribution in [0.15, 0.2) is 18.3 Å². The lowest BCUT2D eigenvalue weighted by Gasteiger charge is -2.19. The van der Waals surface area contributed by atoms with Gasteiger partial charge in [0, 0.05) is 37.7 Å². The number of hydrogen-bond donors (Lipinski definition) is 1. The molecular formula is C15H21N3O4S. The molecule has 126 valence electrons. The largest absolute Gasteiger partial charge is 0.376 e. The van der Waals surface area contributed by atoms with Gasteiger partial charge < -0.3 is 9.64 Å². The highest BCUT2D eigenvalue weighted by Crippen LogP contribution is 2.33. The minimum Gasteiger partial charge on any atom is -0.376 e. The van der Waals surface area contributed by atoms with Gasteiger partial charge in [0.2, 0.25) is 10.0 Å². The van der Waals surface area contributed by atoms with Crippen LogP contribution in [-0.4, -0.2) is 62.8 Å². The quantitative estimate of drug-likeness (QED) is 0.836. The van der Waals surface area contributed by atoms with Gasteiger partial charge in [0.05, 0.1) is 19.0 Å². The van der Waals surface area contributed by atoms with Crippen molar-refractivity contribution in [2.24, 2.45) is 11.8 Å². The first kappa shape index (κ1) is 16.4. The van der Waals surface area contributed by atoms with Crippen molar-refractivity contribution in [3.8, 4) is 0 Å². The fourth-order valence-electron chi connectivity index (χ4n) is 3.19. The van der Waals surface area contributed by atoms with Crippen LogP contribution in [0.2, 0.25) is 0 Å². The molecule has 0 radical (unpaired) electrons. The minimum atomic E-state index is -3.21. The maximum atomic E-state index is 12.5. The van der Waals surface area contributed by atoms with Crippen molar-refractivity contribution in [3.63, 3.8) is 0 Å².